The van der Waals surface area contributed by atoms with Gasteiger partial charge in [0.1, 0.15) is 5.75 Å². The lowest BCUT2D eigenvalue weighted by Crippen LogP contribution is -2.15. The van der Waals surface area contributed by atoms with Crippen LogP contribution in [0.4, 0.5) is 11.4 Å². The zero-order valence-corrected chi connectivity index (χ0v) is 14.6. The van der Waals surface area contributed by atoms with Crippen LogP contribution in [-0.2, 0) is 21.2 Å². The zero-order chi connectivity index (χ0) is 17.7. The number of ether oxygens (including phenoxy) is 1. The summed E-state index contributed by atoms with van der Waals surface area (Å²) in [6.45, 7) is 1.96. The van der Waals surface area contributed by atoms with E-state index in [9.17, 15) is 13.2 Å². The van der Waals surface area contributed by atoms with Crippen LogP contribution in [0.1, 0.15) is 11.1 Å². The second-order valence-electron chi connectivity index (χ2n) is 5.44. The van der Waals surface area contributed by atoms with Gasteiger partial charge < -0.3 is 10.1 Å². The summed E-state index contributed by atoms with van der Waals surface area (Å²) in [4.78, 5) is 12.2. The van der Waals surface area contributed by atoms with Crippen LogP contribution >= 0.6 is 0 Å². The molecule has 0 fully saturated rings. The van der Waals surface area contributed by atoms with Gasteiger partial charge in [-0.15, -0.1) is 0 Å². The minimum absolute atomic E-state index is 0.157. The van der Waals surface area contributed by atoms with E-state index in [-0.39, 0.29) is 12.3 Å². The summed E-state index contributed by atoms with van der Waals surface area (Å²) >= 11 is 0. The number of hydrogen-bond acceptors (Lipinski definition) is 4. The molecule has 0 aliphatic carbocycles. The smallest absolute Gasteiger partial charge is 0.229 e. The number of anilines is 2. The molecule has 0 aliphatic heterocycles. The summed E-state index contributed by atoms with van der Waals surface area (Å²) in [6, 6.07) is 12.4. The molecule has 0 bridgehead atoms. The van der Waals surface area contributed by atoms with Crippen LogP contribution in [-0.4, -0.2) is 27.7 Å². The van der Waals surface area contributed by atoms with Crippen LogP contribution < -0.4 is 14.8 Å². The van der Waals surface area contributed by atoms with Crippen LogP contribution in [0.2, 0.25) is 0 Å². The van der Waals surface area contributed by atoms with Crippen LogP contribution in [0.3, 0.4) is 0 Å². The van der Waals surface area contributed by atoms with Gasteiger partial charge in [0.15, 0.2) is 0 Å². The van der Waals surface area contributed by atoms with Crippen molar-refractivity contribution in [3.05, 3.63) is 53.6 Å². The van der Waals surface area contributed by atoms with Crippen molar-refractivity contribution in [2.45, 2.75) is 13.3 Å². The molecule has 0 saturated heterocycles. The van der Waals surface area contributed by atoms with Crippen LogP contribution in [0.5, 0.6) is 5.75 Å². The highest BCUT2D eigenvalue weighted by Crippen LogP contribution is 2.28. The van der Waals surface area contributed by atoms with Gasteiger partial charge in [-0.2, -0.15) is 0 Å². The van der Waals surface area contributed by atoms with Crippen molar-refractivity contribution in [2.24, 2.45) is 0 Å². The van der Waals surface area contributed by atoms with E-state index in [2.05, 4.69) is 10.0 Å². The molecule has 0 radical (unpaired) electrons. The first-order valence-corrected chi connectivity index (χ1v) is 9.18. The van der Waals surface area contributed by atoms with Crippen molar-refractivity contribution < 1.29 is 17.9 Å². The van der Waals surface area contributed by atoms with Gasteiger partial charge >= 0.3 is 0 Å². The van der Waals surface area contributed by atoms with Crippen molar-refractivity contribution in [1.29, 1.82) is 0 Å². The van der Waals surface area contributed by atoms with Gasteiger partial charge in [-0.05, 0) is 30.2 Å². The molecule has 6 nitrogen and oxygen atoms in total. The van der Waals surface area contributed by atoms with Crippen molar-refractivity contribution in [1.82, 2.24) is 0 Å². The van der Waals surface area contributed by atoms with Crippen molar-refractivity contribution >= 4 is 27.3 Å². The van der Waals surface area contributed by atoms with Gasteiger partial charge in [0, 0.05) is 11.8 Å². The molecule has 0 saturated carbocycles. The number of carbonyl (C=O) groups is 1. The van der Waals surface area contributed by atoms with E-state index in [0.717, 1.165) is 17.4 Å². The number of methoxy groups -OCH3 is 1. The van der Waals surface area contributed by atoms with Gasteiger partial charge in [-0.1, -0.05) is 24.3 Å². The summed E-state index contributed by atoms with van der Waals surface area (Å²) in [7, 11) is -1.98. The largest absolute Gasteiger partial charge is 0.494 e. The van der Waals surface area contributed by atoms with Crippen molar-refractivity contribution in [3.63, 3.8) is 0 Å². The van der Waals surface area contributed by atoms with E-state index in [0.29, 0.717) is 17.1 Å². The third-order valence-corrected chi connectivity index (χ3v) is 3.98. The fourth-order valence-corrected chi connectivity index (χ4v) is 2.81. The first kappa shape index (κ1) is 17.8. The highest BCUT2D eigenvalue weighted by Gasteiger charge is 2.11. The first-order valence-electron chi connectivity index (χ1n) is 7.28. The Morgan fingerprint density at radius 3 is 2.50 bits per heavy atom. The number of nitrogens with one attached hydrogen (secondary N) is 2. The number of aryl methyl sites for hydroxylation is 1. The number of carbonyl (C=O) groups excluding carboxylic acids is 1. The highest BCUT2D eigenvalue weighted by molar-refractivity contribution is 7.92. The average Bonchev–Trinajstić information content (AvgIpc) is 2.49. The standard InChI is InChI=1S/C17H20N2O4S/c1-12-6-4-5-7-13(12)10-17(20)18-14-8-9-15(16(11-14)23-2)19-24(3,21)22/h4-9,11,19H,10H2,1-3H3,(H,18,20). The predicted octanol–water partition coefficient (Wildman–Crippen LogP) is 2.56. The predicted molar refractivity (Wildman–Crippen MR) is 95.0 cm³/mol. The molecule has 128 valence electrons. The fourth-order valence-electron chi connectivity index (χ4n) is 2.24. The second-order valence-corrected chi connectivity index (χ2v) is 7.19. The number of rotatable bonds is 6. The topological polar surface area (TPSA) is 84.5 Å². The Hall–Kier alpha value is -2.54. The molecule has 0 atom stereocenters. The lowest BCUT2D eigenvalue weighted by atomic mass is 10.1. The Balaban J connectivity index is 2.12. The maximum Gasteiger partial charge on any atom is 0.229 e. The minimum atomic E-state index is -3.41. The average molecular weight is 348 g/mol. The molecule has 0 aliphatic rings. The Labute approximate surface area is 141 Å². The van der Waals surface area contributed by atoms with Gasteiger partial charge in [0.05, 0.1) is 25.5 Å². The van der Waals surface area contributed by atoms with Gasteiger partial charge in [-0.25, -0.2) is 8.42 Å². The lowest BCUT2D eigenvalue weighted by molar-refractivity contribution is -0.115. The molecule has 24 heavy (non-hydrogen) atoms. The van der Waals surface area contributed by atoms with E-state index in [1.54, 1.807) is 18.2 Å². The third kappa shape index (κ3) is 4.99. The highest BCUT2D eigenvalue weighted by atomic mass is 32.2. The van der Waals surface area contributed by atoms with Gasteiger partial charge in [-0.3, -0.25) is 9.52 Å². The molecule has 2 aromatic carbocycles. The van der Waals surface area contributed by atoms with E-state index in [1.165, 1.54) is 7.11 Å². The summed E-state index contributed by atoms with van der Waals surface area (Å²) in [5, 5.41) is 2.79. The minimum Gasteiger partial charge on any atom is -0.494 e. The molecule has 7 heteroatoms. The van der Waals surface area contributed by atoms with Crippen molar-refractivity contribution in [3.8, 4) is 5.75 Å². The quantitative estimate of drug-likeness (QED) is 0.840. The monoisotopic (exact) mass is 348 g/mol. The molecular formula is C17H20N2O4S. The van der Waals surface area contributed by atoms with Gasteiger partial charge in [0.25, 0.3) is 0 Å². The normalized spacial score (nSPS) is 11.0. The van der Waals surface area contributed by atoms with E-state index in [1.807, 2.05) is 31.2 Å². The number of sulfonamides is 1. The summed E-state index contributed by atoms with van der Waals surface area (Å²) in [5.74, 6) is 0.171. The summed E-state index contributed by atoms with van der Waals surface area (Å²) < 4.78 is 30.2. The molecule has 2 aromatic rings. The number of amides is 1. The van der Waals surface area contributed by atoms with E-state index in [4.69, 9.17) is 4.74 Å². The van der Waals surface area contributed by atoms with Crippen LogP contribution in [0, 0.1) is 6.92 Å². The molecule has 2 rings (SSSR count). The first-order chi connectivity index (χ1) is 11.3. The number of benzene rings is 2. The fraction of sp³-hybridized carbons (Fsp3) is 0.235. The molecule has 2 N–H and O–H groups in total. The molecule has 0 aromatic heterocycles. The second kappa shape index (κ2) is 7.35. The molecular weight excluding hydrogens is 328 g/mol. The molecule has 0 unspecified atom stereocenters. The lowest BCUT2D eigenvalue weighted by Gasteiger charge is -2.12. The Morgan fingerprint density at radius 1 is 1.17 bits per heavy atom. The van der Waals surface area contributed by atoms with Gasteiger partial charge in [0.2, 0.25) is 15.9 Å². The molecule has 1 amide bonds. The zero-order valence-electron chi connectivity index (χ0n) is 13.8. The third-order valence-electron chi connectivity index (χ3n) is 3.39. The summed E-state index contributed by atoms with van der Waals surface area (Å²) in [5.41, 5.74) is 2.86. The Morgan fingerprint density at radius 2 is 1.88 bits per heavy atom. The van der Waals surface area contributed by atoms with Crippen molar-refractivity contribution in [2.75, 3.05) is 23.4 Å². The Kier molecular flexibility index (Phi) is 5.46. The molecule has 0 heterocycles. The summed E-state index contributed by atoms with van der Waals surface area (Å²) in [6.07, 6.45) is 1.32. The molecule has 0 spiro atoms. The maximum absolute atomic E-state index is 12.2. The number of hydrogen-bond donors (Lipinski definition) is 2. The van der Waals surface area contributed by atoms with Crippen LogP contribution in [0.25, 0.3) is 0 Å². The maximum atomic E-state index is 12.2. The Bertz CT molecular complexity index is 847. The van der Waals surface area contributed by atoms with E-state index < -0.39 is 10.0 Å². The SMILES string of the molecule is COc1cc(NC(=O)Cc2ccccc2C)ccc1NS(C)(=O)=O. The van der Waals surface area contributed by atoms with E-state index >= 15 is 0 Å². The van der Waals surface area contributed by atoms with Crippen LogP contribution in [0.15, 0.2) is 42.5 Å².